The van der Waals surface area contributed by atoms with E-state index in [1.165, 1.54) is 0 Å². The van der Waals surface area contributed by atoms with Gasteiger partial charge in [-0.15, -0.1) is 0 Å². The summed E-state index contributed by atoms with van der Waals surface area (Å²) in [5.41, 5.74) is -2.40. The number of hydrogen-bond acceptors (Lipinski definition) is 8. The van der Waals surface area contributed by atoms with Crippen molar-refractivity contribution in [3.63, 3.8) is 0 Å². The first kappa shape index (κ1) is 33.9. The maximum absolute atomic E-state index is 13.5. The van der Waals surface area contributed by atoms with Gasteiger partial charge in [0.05, 0.1) is 12.1 Å². The number of nitrogens with zero attached hydrogens (tertiary/aromatic N) is 1. The molecular formula is C26H42F2N4O9S. The van der Waals surface area contributed by atoms with Crippen LogP contribution in [0.5, 0.6) is 0 Å². The van der Waals surface area contributed by atoms with E-state index in [0.717, 1.165) is 0 Å². The predicted molar refractivity (Wildman–Crippen MR) is 145 cm³/mol. The third-order valence-corrected chi connectivity index (χ3v) is 9.08. The lowest BCUT2D eigenvalue weighted by Crippen LogP contribution is -2.55. The van der Waals surface area contributed by atoms with Gasteiger partial charge in [-0.3, -0.25) is 18.9 Å². The Hall–Kier alpha value is -2.59. The van der Waals surface area contributed by atoms with Gasteiger partial charge in [0.1, 0.15) is 12.6 Å². The van der Waals surface area contributed by atoms with Gasteiger partial charge in [-0.2, -0.15) is 8.42 Å². The Morgan fingerprint density at radius 1 is 1.14 bits per heavy atom. The lowest BCUT2D eigenvalue weighted by Gasteiger charge is -2.33. The average molecular weight is 625 g/mol. The molecular weight excluding hydrogens is 582 g/mol. The van der Waals surface area contributed by atoms with Crippen LogP contribution in [0.3, 0.4) is 0 Å². The fraction of sp³-hybridized carbons (Fsp3) is 0.846. The number of ether oxygens (including phenoxy) is 1. The fourth-order valence-corrected chi connectivity index (χ4v) is 6.35. The molecule has 2 saturated heterocycles. The van der Waals surface area contributed by atoms with E-state index in [0.29, 0.717) is 38.8 Å². The lowest BCUT2D eigenvalue weighted by molar-refractivity contribution is -0.130. The second kappa shape index (κ2) is 14.3. The normalized spacial score (nSPS) is 25.2. The highest BCUT2D eigenvalue weighted by Crippen LogP contribution is 2.37. The molecule has 0 aromatic heterocycles. The van der Waals surface area contributed by atoms with E-state index < -0.39 is 57.5 Å². The molecule has 1 aliphatic carbocycles. The molecule has 1 saturated carbocycles. The number of amides is 4. The predicted octanol–water partition coefficient (Wildman–Crippen LogP) is 1.16. The van der Waals surface area contributed by atoms with Gasteiger partial charge in [0, 0.05) is 38.3 Å². The number of alkyl carbamates (subject to hydrolysis) is 1. The topological polar surface area (TPSA) is 191 Å². The van der Waals surface area contributed by atoms with Crippen LogP contribution >= 0.6 is 0 Å². The summed E-state index contributed by atoms with van der Waals surface area (Å²) in [6, 6.07) is -3.18. The summed E-state index contributed by atoms with van der Waals surface area (Å²) < 4.78 is 65.1. The van der Waals surface area contributed by atoms with E-state index in [2.05, 4.69) is 16.0 Å². The number of carbonyl (C=O) groups excluding carboxylic acids is 4. The molecule has 13 nitrogen and oxygen atoms in total. The van der Waals surface area contributed by atoms with Crippen LogP contribution in [0.15, 0.2) is 0 Å². The number of halogens is 2. The zero-order chi connectivity index (χ0) is 31.2. The van der Waals surface area contributed by atoms with Crippen LogP contribution in [0.25, 0.3) is 0 Å². The summed E-state index contributed by atoms with van der Waals surface area (Å²) >= 11 is 0. The molecule has 4 amide bonds. The van der Waals surface area contributed by atoms with Crippen molar-refractivity contribution < 1.29 is 50.8 Å². The first-order valence-electron chi connectivity index (χ1n) is 14.4. The van der Waals surface area contributed by atoms with Crippen LogP contribution in [0.1, 0.15) is 71.6 Å². The second-order valence-electron chi connectivity index (χ2n) is 12.0. The highest BCUT2D eigenvalue weighted by molar-refractivity contribution is 7.86. The molecule has 3 fully saturated rings. The molecule has 5 atom stereocenters. The smallest absolute Gasteiger partial charge is 0.407 e. The van der Waals surface area contributed by atoms with Crippen LogP contribution in [0.4, 0.5) is 13.6 Å². The molecule has 0 spiro atoms. The summed E-state index contributed by atoms with van der Waals surface area (Å²) in [6.45, 7) is 4.04. The van der Waals surface area contributed by atoms with E-state index in [4.69, 9.17) is 4.74 Å². The first-order chi connectivity index (χ1) is 19.6. The molecule has 2 aliphatic heterocycles. The quantitative estimate of drug-likeness (QED) is 0.187. The van der Waals surface area contributed by atoms with Crippen molar-refractivity contribution in [1.82, 2.24) is 20.9 Å². The molecule has 42 heavy (non-hydrogen) atoms. The van der Waals surface area contributed by atoms with E-state index in [9.17, 15) is 46.0 Å². The number of aliphatic hydroxyl groups is 1. The van der Waals surface area contributed by atoms with Crippen molar-refractivity contribution >= 4 is 33.9 Å². The summed E-state index contributed by atoms with van der Waals surface area (Å²) in [6.07, 6.45) is 0.0536. The minimum Gasteiger partial charge on any atom is -0.447 e. The van der Waals surface area contributed by atoms with Crippen LogP contribution in [-0.4, -0.2) is 96.0 Å². The maximum atomic E-state index is 13.5. The van der Waals surface area contributed by atoms with E-state index in [1.54, 1.807) is 18.7 Å². The summed E-state index contributed by atoms with van der Waals surface area (Å²) in [7, 11) is -5.00. The number of nitrogens with one attached hydrogen (secondary N) is 3. The van der Waals surface area contributed by atoms with Gasteiger partial charge < -0.3 is 30.7 Å². The Morgan fingerprint density at radius 3 is 2.38 bits per heavy atom. The molecule has 0 aromatic rings. The summed E-state index contributed by atoms with van der Waals surface area (Å²) in [4.78, 5) is 51.9. The van der Waals surface area contributed by atoms with Gasteiger partial charge in [0.25, 0.3) is 10.1 Å². The van der Waals surface area contributed by atoms with Crippen LogP contribution < -0.4 is 16.0 Å². The van der Waals surface area contributed by atoms with E-state index in [1.807, 2.05) is 0 Å². The van der Waals surface area contributed by atoms with Gasteiger partial charge in [0.15, 0.2) is 0 Å². The van der Waals surface area contributed by atoms with Crippen molar-refractivity contribution in [2.45, 2.75) is 101 Å². The van der Waals surface area contributed by atoms with Gasteiger partial charge in [-0.05, 0) is 50.4 Å². The highest BCUT2D eigenvalue weighted by Gasteiger charge is 2.40. The van der Waals surface area contributed by atoms with Crippen LogP contribution in [-0.2, 0) is 29.2 Å². The summed E-state index contributed by atoms with van der Waals surface area (Å²) in [5.74, 6) is -4.92. The monoisotopic (exact) mass is 624 g/mol. The molecule has 0 bridgehead atoms. The van der Waals surface area contributed by atoms with Gasteiger partial charge in [-0.25, -0.2) is 13.6 Å². The average Bonchev–Trinajstić information content (AvgIpc) is 3.46. The number of aliphatic hydroxyl groups excluding tert-OH is 1. The number of rotatable bonds is 13. The van der Waals surface area contributed by atoms with Crippen molar-refractivity contribution in [3.8, 4) is 0 Å². The molecule has 16 heteroatoms. The highest BCUT2D eigenvalue weighted by atomic mass is 32.2. The lowest BCUT2D eigenvalue weighted by atomic mass is 9.86. The van der Waals surface area contributed by atoms with Crippen molar-refractivity contribution in [2.24, 2.45) is 17.8 Å². The second-order valence-corrected chi connectivity index (χ2v) is 13.5. The molecule has 5 N–H and O–H groups in total. The maximum Gasteiger partial charge on any atom is 0.407 e. The molecule has 0 aromatic carbocycles. The SMILES string of the molecule is CC(C)C[C@H](NC(=O)OC[C@@H]1CCC(=O)N1CC1CCC(F)(F)CC1)C(=O)N[C@@H](C[C@@H]1CCNC1=O)C(O)S(=O)(=O)O. The third-order valence-electron chi connectivity index (χ3n) is 8.14. The molecule has 3 aliphatic rings. The Labute approximate surface area is 244 Å². The minimum absolute atomic E-state index is 0.0662. The standard InChI is InChI=1S/C26H42F2N4O9S/c1-15(2)11-19(23(35)30-20(24(36)42(38,39)40)12-17-7-10-29-22(17)34)31-25(37)41-14-18-3-4-21(33)32(18)13-16-5-8-26(27,28)9-6-16/h15-20,24,36H,3-14H2,1-2H3,(H,29,34)(H,30,35)(H,31,37)(H,38,39,40)/t17-,18-,19-,20-,24?/m0/s1. The van der Waals surface area contributed by atoms with Gasteiger partial charge in [-0.1, -0.05) is 13.8 Å². The third kappa shape index (κ3) is 9.73. The molecule has 3 rings (SSSR count). The summed E-state index contributed by atoms with van der Waals surface area (Å²) in [5, 5.41) is 17.6. The first-order valence-corrected chi connectivity index (χ1v) is 15.9. The zero-order valence-corrected chi connectivity index (χ0v) is 24.7. The molecule has 240 valence electrons. The number of alkyl halides is 2. The van der Waals surface area contributed by atoms with Gasteiger partial charge >= 0.3 is 6.09 Å². The fourth-order valence-electron chi connectivity index (χ4n) is 5.75. The Balaban J connectivity index is 1.59. The van der Waals surface area contributed by atoms with Crippen molar-refractivity contribution in [3.05, 3.63) is 0 Å². The Morgan fingerprint density at radius 2 is 1.81 bits per heavy atom. The number of hydrogen-bond donors (Lipinski definition) is 5. The number of carbonyl (C=O) groups is 4. The molecule has 2 heterocycles. The van der Waals surface area contributed by atoms with Crippen molar-refractivity contribution in [1.29, 1.82) is 0 Å². The van der Waals surface area contributed by atoms with Gasteiger partial charge in [0.2, 0.25) is 29.1 Å². The minimum atomic E-state index is -5.00. The van der Waals surface area contributed by atoms with E-state index >= 15 is 0 Å². The van der Waals surface area contributed by atoms with E-state index in [-0.39, 0.29) is 62.4 Å². The zero-order valence-electron chi connectivity index (χ0n) is 23.9. The Kier molecular flexibility index (Phi) is 11.5. The Bertz CT molecular complexity index is 1100. The van der Waals surface area contributed by atoms with Crippen molar-refractivity contribution in [2.75, 3.05) is 19.7 Å². The van der Waals surface area contributed by atoms with Crippen LogP contribution in [0, 0.1) is 17.8 Å². The van der Waals surface area contributed by atoms with Crippen LogP contribution in [0.2, 0.25) is 0 Å². The largest absolute Gasteiger partial charge is 0.447 e. The molecule has 1 unspecified atom stereocenters. The number of likely N-dealkylation sites (tertiary alicyclic amines) is 1. The molecule has 0 radical (unpaired) electrons.